The number of rotatable bonds is 6. The van der Waals surface area contributed by atoms with Crippen LogP contribution in [0.5, 0.6) is 5.75 Å². The average Bonchev–Trinajstić information content (AvgIpc) is 3.17. The number of hydrogen-bond acceptors (Lipinski definition) is 5. The van der Waals surface area contributed by atoms with Crippen LogP contribution in [-0.4, -0.2) is 22.5 Å². The van der Waals surface area contributed by atoms with E-state index in [2.05, 4.69) is 4.98 Å². The monoisotopic (exact) mass is 403 g/mol. The van der Waals surface area contributed by atoms with Gasteiger partial charge >= 0.3 is 0 Å². The molecule has 4 aromatic rings. The molecule has 0 unspecified atom stereocenters. The molecule has 29 heavy (non-hydrogen) atoms. The van der Waals surface area contributed by atoms with Crippen molar-refractivity contribution in [1.29, 1.82) is 0 Å². The minimum absolute atomic E-state index is 0.0629. The summed E-state index contributed by atoms with van der Waals surface area (Å²) in [5.41, 5.74) is 3.80. The maximum Gasteiger partial charge on any atom is 0.267 e. The molecule has 0 radical (unpaired) electrons. The lowest BCUT2D eigenvalue weighted by Gasteiger charge is -2.20. The van der Waals surface area contributed by atoms with E-state index in [0.29, 0.717) is 17.4 Å². The van der Waals surface area contributed by atoms with Gasteiger partial charge in [0.2, 0.25) is 0 Å². The molecule has 2 aromatic carbocycles. The summed E-state index contributed by atoms with van der Waals surface area (Å²) in [5.74, 6) is 0.550. The Labute approximate surface area is 173 Å². The quantitative estimate of drug-likeness (QED) is 0.458. The van der Waals surface area contributed by atoms with Gasteiger partial charge in [-0.2, -0.15) is 0 Å². The smallest absolute Gasteiger partial charge is 0.267 e. The predicted octanol–water partition coefficient (Wildman–Crippen LogP) is 4.92. The fraction of sp³-hybridized carbons (Fsp3) is 0.174. The van der Waals surface area contributed by atoms with Crippen molar-refractivity contribution >= 4 is 32.6 Å². The summed E-state index contributed by atoms with van der Waals surface area (Å²) >= 11 is 1.50. The molecule has 5 nitrogen and oxygen atoms in total. The van der Waals surface area contributed by atoms with E-state index >= 15 is 0 Å². The van der Waals surface area contributed by atoms with E-state index in [1.165, 1.54) is 11.3 Å². The summed E-state index contributed by atoms with van der Waals surface area (Å²) in [7, 11) is 0. The molecule has 6 heteroatoms. The lowest BCUT2D eigenvalue weighted by atomic mass is 10.2. The van der Waals surface area contributed by atoms with Gasteiger partial charge in [-0.3, -0.25) is 14.7 Å². The Bertz CT molecular complexity index is 1140. The molecule has 0 bridgehead atoms. The molecule has 0 fully saturated rings. The number of benzene rings is 2. The Morgan fingerprint density at radius 1 is 1.00 bits per heavy atom. The summed E-state index contributed by atoms with van der Waals surface area (Å²) in [6.45, 7) is 4.27. The summed E-state index contributed by atoms with van der Waals surface area (Å²) in [6.07, 6.45) is 1.73. The summed E-state index contributed by atoms with van der Waals surface area (Å²) in [4.78, 5) is 23.9. The minimum Gasteiger partial charge on any atom is -0.483 e. The highest BCUT2D eigenvalue weighted by Gasteiger charge is 2.22. The van der Waals surface area contributed by atoms with Gasteiger partial charge in [0, 0.05) is 6.20 Å². The van der Waals surface area contributed by atoms with Gasteiger partial charge in [-0.15, -0.1) is 0 Å². The van der Waals surface area contributed by atoms with Crippen molar-refractivity contribution in [2.24, 2.45) is 0 Å². The van der Waals surface area contributed by atoms with Crippen LogP contribution in [0, 0.1) is 13.8 Å². The molecule has 0 saturated carbocycles. The van der Waals surface area contributed by atoms with Crippen LogP contribution < -0.4 is 9.64 Å². The standard InChI is InChI=1S/C23H21N3O2S/c1-16-8-3-4-11-19(16)28-15-21(27)26(14-18-10-5-6-13-24-18)23-25-22-17(2)9-7-12-20(22)29-23/h3-13H,14-15H2,1-2H3. The zero-order chi connectivity index (χ0) is 20.2. The molecule has 0 N–H and O–H groups in total. The van der Waals surface area contributed by atoms with Gasteiger partial charge in [0.1, 0.15) is 5.75 Å². The first-order valence-corrected chi connectivity index (χ1v) is 10.2. The topological polar surface area (TPSA) is 55.3 Å². The number of aromatic nitrogens is 2. The van der Waals surface area contributed by atoms with Gasteiger partial charge < -0.3 is 4.74 Å². The largest absolute Gasteiger partial charge is 0.483 e. The molecule has 4 rings (SSSR count). The molecule has 0 spiro atoms. The summed E-state index contributed by atoms with van der Waals surface area (Å²) in [6, 6.07) is 19.4. The fourth-order valence-electron chi connectivity index (χ4n) is 3.04. The van der Waals surface area contributed by atoms with Crippen molar-refractivity contribution in [1.82, 2.24) is 9.97 Å². The summed E-state index contributed by atoms with van der Waals surface area (Å²) in [5, 5.41) is 0.651. The van der Waals surface area contributed by atoms with Gasteiger partial charge in [0.05, 0.1) is 22.5 Å². The number of amides is 1. The number of thiazole rings is 1. The first-order chi connectivity index (χ1) is 14.1. The Balaban J connectivity index is 1.63. The number of aryl methyl sites for hydroxylation is 2. The van der Waals surface area contributed by atoms with E-state index < -0.39 is 0 Å². The van der Waals surface area contributed by atoms with Crippen molar-refractivity contribution in [3.05, 3.63) is 83.7 Å². The molecule has 0 aliphatic rings. The Kier molecular flexibility index (Phi) is 5.53. The molecule has 1 amide bonds. The van der Waals surface area contributed by atoms with E-state index in [-0.39, 0.29) is 12.5 Å². The number of pyridine rings is 1. The van der Waals surface area contributed by atoms with Crippen molar-refractivity contribution in [3.8, 4) is 5.75 Å². The second-order valence-electron chi connectivity index (χ2n) is 6.77. The van der Waals surface area contributed by atoms with E-state index in [0.717, 1.165) is 27.0 Å². The molecule has 0 aliphatic heterocycles. The first kappa shape index (κ1) is 19.1. The van der Waals surface area contributed by atoms with E-state index in [9.17, 15) is 4.79 Å². The third kappa shape index (κ3) is 4.27. The van der Waals surface area contributed by atoms with Gasteiger partial charge in [-0.1, -0.05) is 47.7 Å². The second kappa shape index (κ2) is 8.41. The number of para-hydroxylation sites is 2. The van der Waals surface area contributed by atoms with Gasteiger partial charge in [0.25, 0.3) is 5.91 Å². The lowest BCUT2D eigenvalue weighted by Crippen LogP contribution is -2.34. The molecular weight excluding hydrogens is 382 g/mol. The lowest BCUT2D eigenvalue weighted by molar-refractivity contribution is -0.120. The number of anilines is 1. The van der Waals surface area contributed by atoms with E-state index in [1.807, 2.05) is 74.5 Å². The van der Waals surface area contributed by atoms with Crippen LogP contribution in [0.25, 0.3) is 10.2 Å². The third-order valence-electron chi connectivity index (χ3n) is 4.63. The normalized spacial score (nSPS) is 10.8. The zero-order valence-corrected chi connectivity index (χ0v) is 17.1. The molecule has 0 aliphatic carbocycles. The van der Waals surface area contributed by atoms with Crippen LogP contribution in [0.3, 0.4) is 0 Å². The van der Waals surface area contributed by atoms with E-state index in [1.54, 1.807) is 11.1 Å². The Hall–Kier alpha value is -3.25. The van der Waals surface area contributed by atoms with Crippen molar-refractivity contribution in [3.63, 3.8) is 0 Å². The molecule has 0 atom stereocenters. The number of fused-ring (bicyclic) bond motifs is 1. The number of ether oxygens (including phenoxy) is 1. The number of hydrogen-bond donors (Lipinski definition) is 0. The molecule has 0 saturated heterocycles. The highest BCUT2D eigenvalue weighted by molar-refractivity contribution is 7.22. The van der Waals surface area contributed by atoms with Gasteiger partial charge in [0.15, 0.2) is 11.7 Å². The fourth-order valence-corrected chi connectivity index (χ4v) is 4.10. The minimum atomic E-state index is -0.157. The van der Waals surface area contributed by atoms with Crippen LogP contribution in [-0.2, 0) is 11.3 Å². The van der Waals surface area contributed by atoms with Crippen molar-refractivity contribution < 1.29 is 9.53 Å². The second-order valence-corrected chi connectivity index (χ2v) is 7.78. The molecule has 146 valence electrons. The molecular formula is C23H21N3O2S. The van der Waals surface area contributed by atoms with E-state index in [4.69, 9.17) is 9.72 Å². The molecule has 2 aromatic heterocycles. The Morgan fingerprint density at radius 3 is 2.55 bits per heavy atom. The summed E-state index contributed by atoms with van der Waals surface area (Å²) < 4.78 is 6.86. The number of carbonyl (C=O) groups is 1. The van der Waals surface area contributed by atoms with Crippen LogP contribution in [0.1, 0.15) is 16.8 Å². The van der Waals surface area contributed by atoms with Crippen LogP contribution in [0.4, 0.5) is 5.13 Å². The highest BCUT2D eigenvalue weighted by atomic mass is 32.1. The first-order valence-electron chi connectivity index (χ1n) is 9.36. The maximum atomic E-state index is 13.1. The predicted molar refractivity (Wildman–Crippen MR) is 116 cm³/mol. The number of carbonyl (C=O) groups excluding carboxylic acids is 1. The van der Waals surface area contributed by atoms with Crippen LogP contribution in [0.2, 0.25) is 0 Å². The maximum absolute atomic E-state index is 13.1. The number of nitrogens with zero attached hydrogens (tertiary/aromatic N) is 3. The van der Waals surface area contributed by atoms with Gasteiger partial charge in [-0.05, 0) is 49.2 Å². The Morgan fingerprint density at radius 2 is 1.79 bits per heavy atom. The zero-order valence-electron chi connectivity index (χ0n) is 16.3. The molecule has 2 heterocycles. The van der Waals surface area contributed by atoms with Crippen molar-refractivity contribution in [2.75, 3.05) is 11.5 Å². The highest BCUT2D eigenvalue weighted by Crippen LogP contribution is 2.31. The van der Waals surface area contributed by atoms with Crippen molar-refractivity contribution in [2.45, 2.75) is 20.4 Å². The average molecular weight is 404 g/mol. The third-order valence-corrected chi connectivity index (χ3v) is 5.68. The van der Waals surface area contributed by atoms with Gasteiger partial charge in [-0.25, -0.2) is 4.98 Å². The van der Waals surface area contributed by atoms with Crippen LogP contribution >= 0.6 is 11.3 Å². The SMILES string of the molecule is Cc1ccccc1OCC(=O)N(Cc1ccccn1)c1nc2c(C)cccc2s1. The van der Waals surface area contributed by atoms with Crippen LogP contribution in [0.15, 0.2) is 66.9 Å².